The van der Waals surface area contributed by atoms with Crippen LogP contribution < -0.4 is 10.2 Å². The van der Waals surface area contributed by atoms with Crippen molar-refractivity contribution in [1.29, 1.82) is 0 Å². The van der Waals surface area contributed by atoms with E-state index in [0.717, 1.165) is 37.7 Å². The van der Waals surface area contributed by atoms with E-state index in [1.807, 2.05) is 28.8 Å². The highest BCUT2D eigenvalue weighted by Gasteiger charge is 2.29. The van der Waals surface area contributed by atoms with Crippen molar-refractivity contribution in [3.63, 3.8) is 0 Å². The first-order valence-corrected chi connectivity index (χ1v) is 9.41. The highest BCUT2D eigenvalue weighted by Crippen LogP contribution is 2.17. The first-order chi connectivity index (χ1) is 11.1. The fourth-order valence-electron chi connectivity index (χ4n) is 3.06. The van der Waals surface area contributed by atoms with E-state index in [4.69, 9.17) is 0 Å². The van der Waals surface area contributed by atoms with Crippen molar-refractivity contribution in [1.82, 2.24) is 20.4 Å². The Hall–Kier alpha value is -1.34. The molecule has 1 amide bonds. The van der Waals surface area contributed by atoms with E-state index in [2.05, 4.69) is 34.3 Å². The minimum Gasteiger partial charge on any atom is -0.354 e. The maximum absolute atomic E-state index is 12.6. The maximum Gasteiger partial charge on any atom is 0.274 e. The smallest absolute Gasteiger partial charge is 0.274 e. The minimum absolute atomic E-state index is 0.0231. The van der Waals surface area contributed by atoms with Gasteiger partial charge in [0.1, 0.15) is 0 Å². The van der Waals surface area contributed by atoms with Gasteiger partial charge in [-0.05, 0) is 38.2 Å². The van der Waals surface area contributed by atoms with Crippen LogP contribution in [0.2, 0.25) is 0 Å². The highest BCUT2D eigenvalue weighted by atomic mass is 32.2. The number of carbonyl (C=O) groups excluding carboxylic acids is 1. The first-order valence-electron chi connectivity index (χ1n) is 8.26. The second-order valence-electron chi connectivity index (χ2n) is 6.77. The Morgan fingerprint density at radius 2 is 2.09 bits per heavy atom. The molecular formula is C16H25N5OS. The number of piperazine rings is 1. The molecule has 6 nitrogen and oxygen atoms in total. The van der Waals surface area contributed by atoms with Crippen molar-refractivity contribution in [3.8, 4) is 0 Å². The summed E-state index contributed by atoms with van der Waals surface area (Å²) in [6.45, 7) is 8.46. The van der Waals surface area contributed by atoms with Crippen LogP contribution in [0.5, 0.6) is 0 Å². The minimum atomic E-state index is -0.0506. The van der Waals surface area contributed by atoms with Crippen LogP contribution in [-0.4, -0.2) is 70.8 Å². The molecule has 2 aliphatic heterocycles. The van der Waals surface area contributed by atoms with E-state index in [9.17, 15) is 4.79 Å². The molecule has 1 aromatic heterocycles. The fraction of sp³-hybridized carbons (Fsp3) is 0.688. The van der Waals surface area contributed by atoms with Crippen molar-refractivity contribution in [2.75, 3.05) is 49.1 Å². The number of rotatable bonds is 2. The Balaban J connectivity index is 1.67. The van der Waals surface area contributed by atoms with E-state index in [0.29, 0.717) is 12.2 Å². The Bertz CT molecular complexity index is 540. The van der Waals surface area contributed by atoms with Crippen LogP contribution in [0, 0.1) is 0 Å². The molecular weight excluding hydrogens is 310 g/mol. The maximum atomic E-state index is 12.6. The predicted molar refractivity (Wildman–Crippen MR) is 94.2 cm³/mol. The molecule has 1 aromatic rings. The van der Waals surface area contributed by atoms with Crippen molar-refractivity contribution in [2.45, 2.75) is 25.8 Å². The highest BCUT2D eigenvalue weighted by molar-refractivity contribution is 7.99. The summed E-state index contributed by atoms with van der Waals surface area (Å²) in [5, 5.41) is 11.9. The van der Waals surface area contributed by atoms with Crippen LogP contribution in [0.4, 0.5) is 5.82 Å². The zero-order valence-electron chi connectivity index (χ0n) is 13.9. The first kappa shape index (κ1) is 16.5. The normalized spacial score (nSPS) is 21.8. The molecule has 0 bridgehead atoms. The van der Waals surface area contributed by atoms with Crippen molar-refractivity contribution in [3.05, 3.63) is 17.8 Å². The van der Waals surface area contributed by atoms with Gasteiger partial charge in [0.2, 0.25) is 0 Å². The number of hydrogen-bond acceptors (Lipinski definition) is 6. The molecule has 23 heavy (non-hydrogen) atoms. The topological polar surface area (TPSA) is 61.4 Å². The molecule has 0 aromatic carbocycles. The van der Waals surface area contributed by atoms with Crippen molar-refractivity contribution < 1.29 is 4.79 Å². The number of nitrogens with one attached hydrogen (secondary N) is 1. The van der Waals surface area contributed by atoms with Crippen molar-refractivity contribution >= 4 is 23.5 Å². The molecule has 3 heterocycles. The lowest BCUT2D eigenvalue weighted by Gasteiger charge is -2.38. The lowest BCUT2D eigenvalue weighted by molar-refractivity contribution is 0.0645. The summed E-state index contributed by atoms with van der Waals surface area (Å²) in [7, 11) is 0. The lowest BCUT2D eigenvalue weighted by atomic mass is 10.0. The van der Waals surface area contributed by atoms with Gasteiger partial charge in [0.15, 0.2) is 11.5 Å². The fourth-order valence-corrected chi connectivity index (χ4v) is 3.95. The summed E-state index contributed by atoms with van der Waals surface area (Å²) in [4.78, 5) is 16.7. The van der Waals surface area contributed by atoms with E-state index >= 15 is 0 Å². The Morgan fingerprint density at radius 3 is 2.83 bits per heavy atom. The number of thioether (sulfide) groups is 1. The van der Waals surface area contributed by atoms with Gasteiger partial charge in [-0.1, -0.05) is 0 Å². The number of anilines is 1. The Morgan fingerprint density at radius 1 is 1.22 bits per heavy atom. The molecule has 126 valence electrons. The van der Waals surface area contributed by atoms with Gasteiger partial charge in [-0.3, -0.25) is 4.79 Å². The predicted octanol–water partition coefficient (Wildman–Crippen LogP) is 1.24. The number of aromatic nitrogens is 2. The zero-order valence-corrected chi connectivity index (χ0v) is 14.7. The van der Waals surface area contributed by atoms with E-state index < -0.39 is 0 Å². The second-order valence-corrected chi connectivity index (χ2v) is 7.99. The summed E-state index contributed by atoms with van der Waals surface area (Å²) in [6.07, 6.45) is 1.17. The van der Waals surface area contributed by atoms with Gasteiger partial charge in [-0.2, -0.15) is 11.8 Å². The summed E-state index contributed by atoms with van der Waals surface area (Å²) in [5.41, 5.74) is 0.390. The molecule has 0 aliphatic carbocycles. The van der Waals surface area contributed by atoms with Gasteiger partial charge in [0.05, 0.1) is 0 Å². The van der Waals surface area contributed by atoms with Gasteiger partial charge in [0, 0.05) is 44.0 Å². The molecule has 0 spiro atoms. The van der Waals surface area contributed by atoms with E-state index in [-0.39, 0.29) is 11.4 Å². The molecule has 0 atom stereocenters. The summed E-state index contributed by atoms with van der Waals surface area (Å²) < 4.78 is 0. The third-order valence-corrected chi connectivity index (χ3v) is 5.32. The van der Waals surface area contributed by atoms with Crippen LogP contribution in [-0.2, 0) is 0 Å². The monoisotopic (exact) mass is 335 g/mol. The summed E-state index contributed by atoms with van der Waals surface area (Å²) >= 11 is 1.98. The van der Waals surface area contributed by atoms with Gasteiger partial charge >= 0.3 is 0 Å². The third-order valence-electron chi connectivity index (χ3n) is 4.27. The van der Waals surface area contributed by atoms with Crippen LogP contribution >= 0.6 is 11.8 Å². The van der Waals surface area contributed by atoms with E-state index in [1.54, 1.807) is 0 Å². The van der Waals surface area contributed by atoms with Gasteiger partial charge in [0.25, 0.3) is 5.91 Å². The number of carbonyl (C=O) groups is 1. The van der Waals surface area contributed by atoms with Gasteiger partial charge in [-0.15, -0.1) is 10.2 Å². The Labute approximate surface area is 142 Å². The molecule has 7 heteroatoms. The van der Waals surface area contributed by atoms with Crippen LogP contribution in [0.1, 0.15) is 30.8 Å². The van der Waals surface area contributed by atoms with Crippen LogP contribution in [0.15, 0.2) is 12.1 Å². The molecule has 3 rings (SSSR count). The second kappa shape index (κ2) is 7.05. The van der Waals surface area contributed by atoms with Gasteiger partial charge < -0.3 is 15.1 Å². The van der Waals surface area contributed by atoms with Crippen LogP contribution in [0.3, 0.4) is 0 Å². The number of nitrogens with zero attached hydrogens (tertiary/aromatic N) is 4. The number of amides is 1. The molecule has 2 fully saturated rings. The molecule has 0 saturated carbocycles. The SMILES string of the molecule is CC1(C)CN(C(=O)c2ccc(N3CCCSCC3)nn2)CCN1. The lowest BCUT2D eigenvalue weighted by Crippen LogP contribution is -2.58. The largest absolute Gasteiger partial charge is 0.354 e. The third kappa shape index (κ3) is 4.14. The average molecular weight is 335 g/mol. The number of hydrogen-bond donors (Lipinski definition) is 1. The zero-order chi connectivity index (χ0) is 16.3. The van der Waals surface area contributed by atoms with Crippen molar-refractivity contribution in [2.24, 2.45) is 0 Å². The average Bonchev–Trinajstić information content (AvgIpc) is 2.83. The Kier molecular flexibility index (Phi) is 5.06. The standard InChI is InChI=1S/C16H25N5OS/c1-16(2)12-21(8-6-17-16)15(22)13-4-5-14(19-18-13)20-7-3-10-23-11-9-20/h4-5,17H,3,6-12H2,1-2H3. The van der Waals surface area contributed by atoms with E-state index in [1.165, 1.54) is 12.2 Å². The van der Waals surface area contributed by atoms with Gasteiger partial charge in [-0.25, -0.2) is 0 Å². The summed E-state index contributed by atoms with van der Waals surface area (Å²) in [6, 6.07) is 3.75. The quantitative estimate of drug-likeness (QED) is 0.877. The molecule has 1 N–H and O–H groups in total. The van der Waals surface area contributed by atoms with Crippen LogP contribution in [0.25, 0.3) is 0 Å². The molecule has 2 aliphatic rings. The molecule has 2 saturated heterocycles. The summed E-state index contributed by atoms with van der Waals surface area (Å²) in [5.74, 6) is 3.19. The molecule has 0 radical (unpaired) electrons. The molecule has 0 unspecified atom stereocenters.